The fourth-order valence-electron chi connectivity index (χ4n) is 1.94. The van der Waals surface area contributed by atoms with E-state index in [4.69, 9.17) is 10.3 Å². The minimum atomic E-state index is -0.238. The number of nitrogens with zero attached hydrogens (tertiary/aromatic N) is 3. The fourth-order valence-corrected chi connectivity index (χ4v) is 1.94. The molecule has 5 heteroatoms. The van der Waals surface area contributed by atoms with Crippen molar-refractivity contribution in [3.8, 4) is 11.5 Å². The van der Waals surface area contributed by atoms with Gasteiger partial charge in [0.2, 0.25) is 0 Å². The second-order valence-corrected chi connectivity index (χ2v) is 5.14. The normalized spacial score (nSPS) is 12.9. The van der Waals surface area contributed by atoms with Crippen LogP contribution in [0.3, 0.4) is 0 Å². The van der Waals surface area contributed by atoms with Crippen molar-refractivity contribution >= 4 is 0 Å². The summed E-state index contributed by atoms with van der Waals surface area (Å²) in [6.45, 7) is 4.75. The Balaban J connectivity index is 2.28. The SMILES string of the molecule is Cc1ccc(C)c(-c2nc(C(N)CN(C)C)no2)c1. The fraction of sp³-hybridized carbons (Fsp3) is 0.429. The monoisotopic (exact) mass is 260 g/mol. The predicted octanol–water partition coefficient (Wildman–Crippen LogP) is 1.91. The molecule has 0 saturated carbocycles. The largest absolute Gasteiger partial charge is 0.334 e. The molecule has 0 aliphatic rings. The zero-order valence-electron chi connectivity index (χ0n) is 11.8. The number of rotatable bonds is 4. The van der Waals surface area contributed by atoms with E-state index in [1.807, 2.05) is 45.0 Å². The minimum Gasteiger partial charge on any atom is -0.334 e. The van der Waals surface area contributed by atoms with Gasteiger partial charge in [-0.15, -0.1) is 0 Å². The lowest BCUT2D eigenvalue weighted by molar-refractivity contribution is 0.357. The number of aromatic nitrogens is 2. The highest BCUT2D eigenvalue weighted by Gasteiger charge is 2.17. The molecule has 102 valence electrons. The maximum absolute atomic E-state index is 6.03. The zero-order chi connectivity index (χ0) is 14.0. The second-order valence-electron chi connectivity index (χ2n) is 5.14. The van der Waals surface area contributed by atoms with Crippen molar-refractivity contribution in [3.05, 3.63) is 35.2 Å². The van der Waals surface area contributed by atoms with Gasteiger partial charge in [0.05, 0.1) is 6.04 Å². The van der Waals surface area contributed by atoms with Crippen molar-refractivity contribution < 1.29 is 4.52 Å². The lowest BCUT2D eigenvalue weighted by Gasteiger charge is -2.12. The molecular weight excluding hydrogens is 240 g/mol. The number of hydrogen-bond donors (Lipinski definition) is 1. The topological polar surface area (TPSA) is 68.2 Å². The molecular formula is C14H20N4O. The van der Waals surface area contributed by atoms with Crippen LogP contribution in [0.15, 0.2) is 22.7 Å². The van der Waals surface area contributed by atoms with Gasteiger partial charge in [0.15, 0.2) is 5.82 Å². The van der Waals surface area contributed by atoms with Gasteiger partial charge < -0.3 is 15.2 Å². The Labute approximate surface area is 113 Å². The summed E-state index contributed by atoms with van der Waals surface area (Å²) in [6.07, 6.45) is 0. The number of likely N-dealkylation sites (N-methyl/N-ethyl adjacent to an activating group) is 1. The molecule has 19 heavy (non-hydrogen) atoms. The molecule has 1 aromatic carbocycles. The zero-order valence-corrected chi connectivity index (χ0v) is 11.8. The molecule has 2 N–H and O–H groups in total. The molecule has 2 rings (SSSR count). The van der Waals surface area contributed by atoms with Crippen LogP contribution in [0.4, 0.5) is 0 Å². The first-order valence-electron chi connectivity index (χ1n) is 6.29. The molecule has 1 unspecified atom stereocenters. The summed E-state index contributed by atoms with van der Waals surface area (Å²) in [6, 6.07) is 5.92. The van der Waals surface area contributed by atoms with E-state index in [9.17, 15) is 0 Å². The van der Waals surface area contributed by atoms with Crippen LogP contribution in [-0.2, 0) is 0 Å². The van der Waals surface area contributed by atoms with Crippen molar-refractivity contribution in [1.82, 2.24) is 15.0 Å². The maximum Gasteiger partial charge on any atom is 0.258 e. The molecule has 0 aliphatic heterocycles. The van der Waals surface area contributed by atoms with Crippen LogP contribution in [-0.4, -0.2) is 35.7 Å². The summed E-state index contributed by atoms with van der Waals surface area (Å²) in [4.78, 5) is 6.40. The molecule has 0 fully saturated rings. The molecule has 0 bridgehead atoms. The van der Waals surface area contributed by atoms with Crippen LogP contribution < -0.4 is 5.73 Å². The van der Waals surface area contributed by atoms with E-state index in [1.54, 1.807) is 0 Å². The second kappa shape index (κ2) is 5.50. The van der Waals surface area contributed by atoms with Crippen LogP contribution in [0, 0.1) is 13.8 Å². The Morgan fingerprint density at radius 1 is 1.32 bits per heavy atom. The van der Waals surface area contributed by atoms with Gasteiger partial charge in [-0.25, -0.2) is 0 Å². The average Bonchev–Trinajstić information content (AvgIpc) is 2.80. The lowest BCUT2D eigenvalue weighted by Crippen LogP contribution is -2.26. The third-order valence-corrected chi connectivity index (χ3v) is 2.96. The summed E-state index contributed by atoms with van der Waals surface area (Å²) in [7, 11) is 3.93. The summed E-state index contributed by atoms with van der Waals surface area (Å²) >= 11 is 0. The molecule has 1 heterocycles. The first-order chi connectivity index (χ1) is 8.97. The molecule has 2 aromatic rings. The van der Waals surface area contributed by atoms with Crippen molar-refractivity contribution in [2.75, 3.05) is 20.6 Å². The highest BCUT2D eigenvalue weighted by molar-refractivity contribution is 5.59. The first-order valence-corrected chi connectivity index (χ1v) is 6.29. The maximum atomic E-state index is 6.03. The van der Waals surface area contributed by atoms with E-state index in [-0.39, 0.29) is 6.04 Å². The molecule has 1 aromatic heterocycles. The van der Waals surface area contributed by atoms with E-state index in [0.717, 1.165) is 16.7 Å². The van der Waals surface area contributed by atoms with Gasteiger partial charge in [0.25, 0.3) is 5.89 Å². The molecule has 0 saturated heterocycles. The van der Waals surface area contributed by atoms with Crippen molar-refractivity contribution in [3.63, 3.8) is 0 Å². The van der Waals surface area contributed by atoms with Gasteiger partial charge in [-0.3, -0.25) is 0 Å². The summed E-state index contributed by atoms with van der Waals surface area (Å²) < 4.78 is 5.33. The van der Waals surface area contributed by atoms with Crippen molar-refractivity contribution in [2.24, 2.45) is 5.73 Å². The Kier molecular flexibility index (Phi) is 3.97. The van der Waals surface area contributed by atoms with E-state index in [0.29, 0.717) is 18.3 Å². The summed E-state index contributed by atoms with van der Waals surface area (Å²) in [5.41, 5.74) is 9.27. The highest BCUT2D eigenvalue weighted by atomic mass is 16.5. The van der Waals surface area contributed by atoms with Crippen LogP contribution >= 0.6 is 0 Å². The summed E-state index contributed by atoms with van der Waals surface area (Å²) in [5, 5.41) is 3.98. The summed E-state index contributed by atoms with van der Waals surface area (Å²) in [5.74, 6) is 1.08. The van der Waals surface area contributed by atoms with Crippen molar-refractivity contribution in [1.29, 1.82) is 0 Å². The van der Waals surface area contributed by atoms with E-state index in [1.165, 1.54) is 0 Å². The van der Waals surface area contributed by atoms with Crippen LogP contribution in [0.1, 0.15) is 23.0 Å². The number of aryl methyl sites for hydroxylation is 2. The van der Waals surface area contributed by atoms with Gasteiger partial charge in [0.1, 0.15) is 0 Å². The average molecular weight is 260 g/mol. The standard InChI is InChI=1S/C14H20N4O/c1-9-5-6-10(2)11(7-9)14-16-13(17-19-14)12(15)8-18(3)4/h5-7,12H,8,15H2,1-4H3. The van der Waals surface area contributed by atoms with Gasteiger partial charge in [-0.05, 0) is 39.6 Å². The minimum absolute atomic E-state index is 0.238. The third kappa shape index (κ3) is 3.19. The molecule has 0 aliphatic carbocycles. The van der Waals surface area contributed by atoms with E-state index < -0.39 is 0 Å². The highest BCUT2D eigenvalue weighted by Crippen LogP contribution is 2.23. The lowest BCUT2D eigenvalue weighted by atomic mass is 10.1. The Bertz CT molecular complexity index is 562. The van der Waals surface area contributed by atoms with Crippen molar-refractivity contribution in [2.45, 2.75) is 19.9 Å². The van der Waals surface area contributed by atoms with E-state index in [2.05, 4.69) is 16.2 Å². The quantitative estimate of drug-likeness (QED) is 0.909. The van der Waals surface area contributed by atoms with Gasteiger partial charge in [-0.2, -0.15) is 4.98 Å². The van der Waals surface area contributed by atoms with E-state index >= 15 is 0 Å². The Hall–Kier alpha value is -1.72. The first kappa shape index (κ1) is 13.7. The number of benzene rings is 1. The van der Waals surface area contributed by atoms with Gasteiger partial charge >= 0.3 is 0 Å². The number of nitrogens with two attached hydrogens (primary N) is 1. The smallest absolute Gasteiger partial charge is 0.258 e. The van der Waals surface area contributed by atoms with Gasteiger partial charge in [-0.1, -0.05) is 22.9 Å². The Morgan fingerprint density at radius 3 is 2.74 bits per heavy atom. The van der Waals surface area contributed by atoms with Crippen LogP contribution in [0.25, 0.3) is 11.5 Å². The Morgan fingerprint density at radius 2 is 2.05 bits per heavy atom. The molecule has 0 radical (unpaired) electrons. The van der Waals surface area contributed by atoms with Crippen LogP contribution in [0.5, 0.6) is 0 Å². The predicted molar refractivity (Wildman–Crippen MR) is 74.7 cm³/mol. The molecule has 0 amide bonds. The van der Waals surface area contributed by atoms with Gasteiger partial charge in [0, 0.05) is 12.1 Å². The van der Waals surface area contributed by atoms with Crippen LogP contribution in [0.2, 0.25) is 0 Å². The number of hydrogen-bond acceptors (Lipinski definition) is 5. The molecule has 5 nitrogen and oxygen atoms in total. The molecule has 0 spiro atoms. The molecule has 1 atom stereocenters. The third-order valence-electron chi connectivity index (χ3n) is 2.96.